The SMILES string of the molecule is Cc1cccc(CSCc2ccc(C#CCO)cc2)c1. The van der Waals surface area contributed by atoms with E-state index in [4.69, 9.17) is 5.11 Å². The highest BCUT2D eigenvalue weighted by Gasteiger charge is 1.97. The Bertz CT molecular complexity index is 605. The first-order chi connectivity index (χ1) is 9.78. The molecule has 2 aromatic rings. The zero-order valence-corrected chi connectivity index (χ0v) is 12.4. The normalized spacial score (nSPS) is 9.90. The van der Waals surface area contributed by atoms with Crippen molar-refractivity contribution in [2.24, 2.45) is 0 Å². The highest BCUT2D eigenvalue weighted by molar-refractivity contribution is 7.97. The summed E-state index contributed by atoms with van der Waals surface area (Å²) in [6, 6.07) is 16.9. The van der Waals surface area contributed by atoms with E-state index in [-0.39, 0.29) is 6.61 Å². The number of aliphatic hydroxyl groups excluding tert-OH is 1. The van der Waals surface area contributed by atoms with Gasteiger partial charge in [-0.3, -0.25) is 0 Å². The van der Waals surface area contributed by atoms with Gasteiger partial charge in [-0.25, -0.2) is 0 Å². The van der Waals surface area contributed by atoms with Gasteiger partial charge in [0.25, 0.3) is 0 Å². The molecule has 0 saturated carbocycles. The standard InChI is InChI=1S/C18H18OS/c1-15-4-2-5-18(12-15)14-20-13-17-9-7-16(8-10-17)6-3-11-19/h2,4-5,7-10,12,19H,11,13-14H2,1H3. The van der Waals surface area contributed by atoms with Crippen molar-refractivity contribution in [3.05, 3.63) is 70.8 Å². The monoisotopic (exact) mass is 282 g/mol. The van der Waals surface area contributed by atoms with Gasteiger partial charge in [0.2, 0.25) is 0 Å². The molecule has 0 atom stereocenters. The molecular weight excluding hydrogens is 264 g/mol. The number of hydrogen-bond acceptors (Lipinski definition) is 2. The Kier molecular flexibility index (Phi) is 5.73. The Labute approximate surface area is 125 Å². The second-order valence-corrected chi connectivity index (χ2v) is 5.62. The van der Waals surface area contributed by atoms with Crippen LogP contribution in [0.25, 0.3) is 0 Å². The van der Waals surface area contributed by atoms with Crippen molar-refractivity contribution in [1.82, 2.24) is 0 Å². The third-order valence-corrected chi connectivity index (χ3v) is 3.96. The van der Waals surface area contributed by atoms with Gasteiger partial charge in [-0.1, -0.05) is 53.8 Å². The minimum atomic E-state index is -0.0892. The van der Waals surface area contributed by atoms with E-state index in [2.05, 4.69) is 55.2 Å². The summed E-state index contributed by atoms with van der Waals surface area (Å²) in [6.07, 6.45) is 0. The van der Waals surface area contributed by atoms with Crippen molar-refractivity contribution < 1.29 is 5.11 Å². The van der Waals surface area contributed by atoms with Gasteiger partial charge < -0.3 is 5.11 Å². The number of benzene rings is 2. The van der Waals surface area contributed by atoms with E-state index in [1.807, 2.05) is 23.9 Å². The lowest BCUT2D eigenvalue weighted by Gasteiger charge is -2.04. The third kappa shape index (κ3) is 4.77. The summed E-state index contributed by atoms with van der Waals surface area (Å²) >= 11 is 1.92. The Hall–Kier alpha value is -1.69. The molecule has 0 aliphatic rings. The van der Waals surface area contributed by atoms with Gasteiger partial charge in [0.05, 0.1) is 0 Å². The molecule has 0 radical (unpaired) electrons. The van der Waals surface area contributed by atoms with E-state index >= 15 is 0 Å². The summed E-state index contributed by atoms with van der Waals surface area (Å²) in [5, 5.41) is 8.65. The lowest BCUT2D eigenvalue weighted by atomic mass is 10.1. The first-order valence-electron chi connectivity index (χ1n) is 6.60. The molecule has 2 aromatic carbocycles. The third-order valence-electron chi connectivity index (χ3n) is 2.89. The van der Waals surface area contributed by atoms with Crippen LogP contribution in [0.1, 0.15) is 22.3 Å². The zero-order valence-electron chi connectivity index (χ0n) is 11.6. The fourth-order valence-corrected chi connectivity index (χ4v) is 2.86. The molecule has 20 heavy (non-hydrogen) atoms. The highest BCUT2D eigenvalue weighted by Crippen LogP contribution is 2.18. The van der Waals surface area contributed by atoms with Crippen molar-refractivity contribution in [1.29, 1.82) is 0 Å². The van der Waals surface area contributed by atoms with Crippen molar-refractivity contribution in [2.45, 2.75) is 18.4 Å². The van der Waals surface area contributed by atoms with E-state index in [9.17, 15) is 0 Å². The van der Waals surface area contributed by atoms with Crippen LogP contribution in [-0.2, 0) is 11.5 Å². The van der Waals surface area contributed by atoms with E-state index in [0.29, 0.717) is 0 Å². The molecule has 102 valence electrons. The molecule has 0 amide bonds. The molecule has 0 bridgehead atoms. The van der Waals surface area contributed by atoms with Crippen molar-refractivity contribution >= 4 is 11.8 Å². The lowest BCUT2D eigenvalue weighted by Crippen LogP contribution is -1.85. The van der Waals surface area contributed by atoms with Crippen LogP contribution in [0.4, 0.5) is 0 Å². The van der Waals surface area contributed by atoms with Crippen LogP contribution in [-0.4, -0.2) is 11.7 Å². The molecule has 2 heteroatoms. The summed E-state index contributed by atoms with van der Waals surface area (Å²) in [5.74, 6) is 7.59. The second kappa shape index (κ2) is 7.79. The molecule has 0 heterocycles. The van der Waals surface area contributed by atoms with Gasteiger partial charge in [0, 0.05) is 17.1 Å². The average Bonchev–Trinajstić information content (AvgIpc) is 2.46. The van der Waals surface area contributed by atoms with Crippen molar-refractivity contribution in [3.8, 4) is 11.8 Å². The maximum absolute atomic E-state index is 8.65. The smallest absolute Gasteiger partial charge is 0.104 e. The Morgan fingerprint density at radius 2 is 1.75 bits per heavy atom. The maximum atomic E-state index is 8.65. The Morgan fingerprint density at radius 1 is 1.00 bits per heavy atom. The van der Waals surface area contributed by atoms with Crippen LogP contribution in [0.3, 0.4) is 0 Å². The molecule has 0 aliphatic carbocycles. The minimum absolute atomic E-state index is 0.0892. The quantitative estimate of drug-likeness (QED) is 0.861. The molecule has 0 aromatic heterocycles. The van der Waals surface area contributed by atoms with E-state index < -0.39 is 0 Å². The molecule has 0 unspecified atom stereocenters. The van der Waals surface area contributed by atoms with E-state index in [1.165, 1.54) is 16.7 Å². The number of aliphatic hydroxyl groups is 1. The molecule has 0 fully saturated rings. The number of thioether (sulfide) groups is 1. The lowest BCUT2D eigenvalue weighted by molar-refractivity contribution is 0.350. The largest absolute Gasteiger partial charge is 0.384 e. The van der Waals surface area contributed by atoms with Gasteiger partial charge in [-0.2, -0.15) is 11.8 Å². The topological polar surface area (TPSA) is 20.2 Å². The van der Waals surface area contributed by atoms with Crippen LogP contribution >= 0.6 is 11.8 Å². The second-order valence-electron chi connectivity index (χ2n) is 4.64. The summed E-state index contributed by atoms with van der Waals surface area (Å²) < 4.78 is 0. The molecule has 1 N–H and O–H groups in total. The number of aryl methyl sites for hydroxylation is 1. The number of rotatable bonds is 4. The van der Waals surface area contributed by atoms with Crippen LogP contribution in [0.15, 0.2) is 48.5 Å². The van der Waals surface area contributed by atoms with E-state index in [0.717, 1.165) is 17.1 Å². The molecule has 2 rings (SSSR count). The van der Waals surface area contributed by atoms with Gasteiger partial charge in [-0.05, 0) is 30.2 Å². The summed E-state index contributed by atoms with van der Waals surface area (Å²) in [7, 11) is 0. The molecule has 0 spiro atoms. The highest BCUT2D eigenvalue weighted by atomic mass is 32.2. The molecular formula is C18H18OS. The summed E-state index contributed by atoms with van der Waals surface area (Å²) in [4.78, 5) is 0. The fourth-order valence-electron chi connectivity index (χ4n) is 1.91. The molecule has 0 saturated heterocycles. The number of hydrogen-bond donors (Lipinski definition) is 1. The van der Waals surface area contributed by atoms with Crippen LogP contribution in [0, 0.1) is 18.8 Å². The predicted octanol–water partition coefficient (Wildman–Crippen LogP) is 3.77. The minimum Gasteiger partial charge on any atom is -0.384 e. The van der Waals surface area contributed by atoms with Crippen LogP contribution in [0.2, 0.25) is 0 Å². The molecule has 0 aliphatic heterocycles. The van der Waals surface area contributed by atoms with Gasteiger partial charge in [0.15, 0.2) is 0 Å². The average molecular weight is 282 g/mol. The first-order valence-corrected chi connectivity index (χ1v) is 7.75. The molecule has 1 nitrogen and oxygen atoms in total. The van der Waals surface area contributed by atoms with Gasteiger partial charge in [-0.15, -0.1) is 0 Å². The first kappa shape index (κ1) is 14.7. The summed E-state index contributed by atoms with van der Waals surface area (Å²) in [6.45, 7) is 2.04. The van der Waals surface area contributed by atoms with Gasteiger partial charge in [0.1, 0.15) is 6.61 Å². The van der Waals surface area contributed by atoms with Gasteiger partial charge >= 0.3 is 0 Å². The zero-order chi connectivity index (χ0) is 14.2. The Morgan fingerprint density at radius 3 is 2.45 bits per heavy atom. The summed E-state index contributed by atoms with van der Waals surface area (Å²) in [5.41, 5.74) is 4.94. The predicted molar refractivity (Wildman–Crippen MR) is 86.6 cm³/mol. The van der Waals surface area contributed by atoms with Crippen LogP contribution in [0.5, 0.6) is 0 Å². The van der Waals surface area contributed by atoms with Crippen LogP contribution < -0.4 is 0 Å². The van der Waals surface area contributed by atoms with Crippen molar-refractivity contribution in [3.63, 3.8) is 0 Å². The fraction of sp³-hybridized carbons (Fsp3) is 0.222. The van der Waals surface area contributed by atoms with Crippen molar-refractivity contribution in [2.75, 3.05) is 6.61 Å². The Balaban J connectivity index is 1.85. The maximum Gasteiger partial charge on any atom is 0.104 e. The van der Waals surface area contributed by atoms with E-state index in [1.54, 1.807) is 0 Å².